The summed E-state index contributed by atoms with van der Waals surface area (Å²) in [4.78, 5) is 28.5. The summed E-state index contributed by atoms with van der Waals surface area (Å²) in [6.07, 6.45) is 1.50. The van der Waals surface area contributed by atoms with Gasteiger partial charge in [-0.2, -0.15) is 0 Å². The molecule has 0 bridgehead atoms. The Morgan fingerprint density at radius 1 is 1.50 bits per heavy atom. The number of hydrogen-bond acceptors (Lipinski definition) is 5. The van der Waals surface area contributed by atoms with Crippen molar-refractivity contribution >= 4 is 17.7 Å². The number of likely N-dealkylation sites (tertiary alicyclic amines) is 1. The van der Waals surface area contributed by atoms with Crippen LogP contribution < -0.4 is 5.32 Å². The number of amides is 1. The Labute approximate surface area is 116 Å². The van der Waals surface area contributed by atoms with Crippen molar-refractivity contribution in [3.05, 3.63) is 23.9 Å². The zero-order valence-corrected chi connectivity index (χ0v) is 11.0. The molecule has 2 heterocycles. The summed E-state index contributed by atoms with van der Waals surface area (Å²) in [7, 11) is 0. The summed E-state index contributed by atoms with van der Waals surface area (Å²) >= 11 is 0. The van der Waals surface area contributed by atoms with Gasteiger partial charge in [0.2, 0.25) is 5.91 Å². The molecule has 1 atom stereocenters. The lowest BCUT2D eigenvalue weighted by Gasteiger charge is -2.32. The summed E-state index contributed by atoms with van der Waals surface area (Å²) in [6.45, 7) is 0.894. The zero-order chi connectivity index (χ0) is 14.5. The maximum Gasteiger partial charge on any atom is 0.354 e. The van der Waals surface area contributed by atoms with Gasteiger partial charge in [0.15, 0.2) is 5.69 Å². The Morgan fingerprint density at radius 2 is 2.30 bits per heavy atom. The highest BCUT2D eigenvalue weighted by Gasteiger charge is 2.28. The quantitative estimate of drug-likeness (QED) is 0.710. The minimum absolute atomic E-state index is 0.0643. The number of anilines is 1. The normalized spacial score (nSPS) is 18.9. The van der Waals surface area contributed by atoms with E-state index in [1.807, 2.05) is 0 Å². The predicted molar refractivity (Wildman–Crippen MR) is 71.5 cm³/mol. The molecule has 1 aromatic rings. The summed E-state index contributed by atoms with van der Waals surface area (Å²) in [5, 5.41) is 20.8. The molecule has 7 heteroatoms. The number of nitrogens with zero attached hydrogens (tertiary/aromatic N) is 2. The molecule has 1 amide bonds. The van der Waals surface area contributed by atoms with Gasteiger partial charge in [-0.15, -0.1) is 0 Å². The molecule has 0 aliphatic carbocycles. The van der Waals surface area contributed by atoms with Gasteiger partial charge in [-0.1, -0.05) is 6.07 Å². The van der Waals surface area contributed by atoms with E-state index in [0.717, 1.165) is 6.42 Å². The van der Waals surface area contributed by atoms with E-state index in [0.29, 0.717) is 25.3 Å². The van der Waals surface area contributed by atoms with E-state index >= 15 is 0 Å². The average molecular weight is 279 g/mol. The van der Waals surface area contributed by atoms with Gasteiger partial charge < -0.3 is 20.4 Å². The molecule has 1 saturated heterocycles. The lowest BCUT2D eigenvalue weighted by atomic mass is 10.0. The van der Waals surface area contributed by atoms with Gasteiger partial charge in [0.25, 0.3) is 0 Å². The van der Waals surface area contributed by atoms with Crippen LogP contribution in [-0.2, 0) is 4.79 Å². The van der Waals surface area contributed by atoms with Crippen molar-refractivity contribution in [3.63, 3.8) is 0 Å². The highest BCUT2D eigenvalue weighted by Crippen LogP contribution is 2.16. The van der Waals surface area contributed by atoms with Crippen LogP contribution in [0.4, 0.5) is 5.82 Å². The van der Waals surface area contributed by atoms with E-state index in [4.69, 9.17) is 10.2 Å². The predicted octanol–water partition coefficient (Wildman–Crippen LogP) is 0.175. The van der Waals surface area contributed by atoms with Crippen LogP contribution in [0.15, 0.2) is 18.2 Å². The number of carbonyl (C=O) groups excluding carboxylic acids is 1. The maximum atomic E-state index is 12.1. The molecule has 1 aliphatic rings. The summed E-state index contributed by atoms with van der Waals surface area (Å²) in [5.74, 6) is -0.826. The highest BCUT2D eigenvalue weighted by molar-refractivity contribution is 5.87. The number of piperidine rings is 1. The van der Waals surface area contributed by atoms with Crippen molar-refractivity contribution in [2.45, 2.75) is 18.9 Å². The number of pyridine rings is 1. The molecule has 1 aromatic heterocycles. The topological polar surface area (TPSA) is 103 Å². The number of nitrogens with one attached hydrogen (secondary N) is 1. The van der Waals surface area contributed by atoms with Crippen molar-refractivity contribution in [2.75, 3.05) is 25.0 Å². The first-order valence-corrected chi connectivity index (χ1v) is 6.48. The fraction of sp³-hybridized carbons (Fsp3) is 0.462. The third kappa shape index (κ3) is 3.24. The molecule has 108 valence electrons. The second kappa shape index (κ2) is 6.33. The van der Waals surface area contributed by atoms with Gasteiger partial charge >= 0.3 is 5.97 Å². The number of hydrogen-bond donors (Lipinski definition) is 3. The standard InChI is InChI=1S/C13H17N3O4/c17-8-7-16-6-2-4-9(12(16)18)14-11-5-1-3-10(15-11)13(19)20/h1,3,5,9,17H,2,4,6-8H2,(H,14,15)(H,19,20). The van der Waals surface area contributed by atoms with E-state index in [9.17, 15) is 9.59 Å². The number of β-amino-alcohol motifs (C(OH)–C–C–N with tert-alkyl or cyclic N) is 1. The average Bonchev–Trinajstić information content (AvgIpc) is 2.44. The molecule has 20 heavy (non-hydrogen) atoms. The summed E-state index contributed by atoms with van der Waals surface area (Å²) < 4.78 is 0. The number of rotatable bonds is 5. The first-order chi connectivity index (χ1) is 9.61. The molecule has 0 saturated carbocycles. The van der Waals surface area contributed by atoms with E-state index in [-0.39, 0.29) is 18.2 Å². The molecule has 1 unspecified atom stereocenters. The number of carbonyl (C=O) groups is 2. The second-order valence-corrected chi connectivity index (χ2v) is 4.60. The number of aromatic nitrogens is 1. The van der Waals surface area contributed by atoms with Crippen molar-refractivity contribution in [1.82, 2.24) is 9.88 Å². The lowest BCUT2D eigenvalue weighted by Crippen LogP contribution is -2.48. The van der Waals surface area contributed by atoms with Crippen LogP contribution in [0, 0.1) is 0 Å². The van der Waals surface area contributed by atoms with Crippen LogP contribution in [0.25, 0.3) is 0 Å². The fourth-order valence-electron chi connectivity index (χ4n) is 2.23. The molecule has 7 nitrogen and oxygen atoms in total. The maximum absolute atomic E-state index is 12.1. The van der Waals surface area contributed by atoms with Crippen LogP contribution in [0.1, 0.15) is 23.3 Å². The molecule has 1 fully saturated rings. The van der Waals surface area contributed by atoms with Crippen molar-refractivity contribution < 1.29 is 19.8 Å². The van der Waals surface area contributed by atoms with Crippen molar-refractivity contribution in [3.8, 4) is 0 Å². The number of aliphatic hydroxyl groups is 1. The number of aliphatic hydroxyl groups excluding tert-OH is 1. The van der Waals surface area contributed by atoms with Crippen LogP contribution in [-0.4, -0.2) is 57.7 Å². The zero-order valence-electron chi connectivity index (χ0n) is 11.0. The molecule has 1 aliphatic heterocycles. The molecular formula is C13H17N3O4. The van der Waals surface area contributed by atoms with Gasteiger partial charge in [0, 0.05) is 13.1 Å². The molecule has 0 spiro atoms. The smallest absolute Gasteiger partial charge is 0.354 e. The molecule has 0 aromatic carbocycles. The highest BCUT2D eigenvalue weighted by atomic mass is 16.4. The first kappa shape index (κ1) is 14.3. The minimum Gasteiger partial charge on any atom is -0.477 e. The van der Waals surface area contributed by atoms with Crippen LogP contribution >= 0.6 is 0 Å². The Hall–Kier alpha value is -2.15. The van der Waals surface area contributed by atoms with Gasteiger partial charge in [0.05, 0.1) is 6.61 Å². The van der Waals surface area contributed by atoms with E-state index in [1.165, 1.54) is 6.07 Å². The minimum atomic E-state index is -1.11. The Kier molecular flexibility index (Phi) is 4.52. The van der Waals surface area contributed by atoms with Crippen LogP contribution in [0.2, 0.25) is 0 Å². The van der Waals surface area contributed by atoms with Crippen molar-refractivity contribution in [2.24, 2.45) is 0 Å². The molecule has 3 N–H and O–H groups in total. The van der Waals surface area contributed by atoms with Crippen molar-refractivity contribution in [1.29, 1.82) is 0 Å². The molecule has 2 rings (SSSR count). The van der Waals surface area contributed by atoms with Gasteiger partial charge in [0.1, 0.15) is 11.9 Å². The van der Waals surface area contributed by atoms with Gasteiger partial charge in [-0.3, -0.25) is 4.79 Å². The van der Waals surface area contributed by atoms with E-state index in [1.54, 1.807) is 17.0 Å². The number of carboxylic acids is 1. The molecular weight excluding hydrogens is 262 g/mol. The Balaban J connectivity index is 2.07. The first-order valence-electron chi connectivity index (χ1n) is 6.48. The van der Waals surface area contributed by atoms with Gasteiger partial charge in [-0.25, -0.2) is 9.78 Å². The van der Waals surface area contributed by atoms with Gasteiger partial charge in [-0.05, 0) is 25.0 Å². The second-order valence-electron chi connectivity index (χ2n) is 4.60. The van der Waals surface area contributed by atoms with Crippen LogP contribution in [0.3, 0.4) is 0 Å². The van der Waals surface area contributed by atoms with E-state index < -0.39 is 12.0 Å². The van der Waals surface area contributed by atoms with Crippen LogP contribution in [0.5, 0.6) is 0 Å². The summed E-state index contributed by atoms with van der Waals surface area (Å²) in [5.41, 5.74) is -0.0644. The number of carboxylic acid groups (broad SMARTS) is 1. The number of aromatic carboxylic acids is 1. The molecule has 0 radical (unpaired) electrons. The SMILES string of the molecule is O=C(O)c1cccc(NC2CCCN(CCO)C2=O)n1. The Bertz CT molecular complexity index is 504. The Morgan fingerprint density at radius 3 is 3.00 bits per heavy atom. The third-order valence-corrected chi connectivity index (χ3v) is 3.19. The monoisotopic (exact) mass is 279 g/mol. The lowest BCUT2D eigenvalue weighted by molar-refractivity contribution is -0.134. The summed E-state index contributed by atoms with van der Waals surface area (Å²) in [6, 6.07) is 4.18. The third-order valence-electron chi connectivity index (χ3n) is 3.19. The largest absolute Gasteiger partial charge is 0.477 e. The fourth-order valence-corrected chi connectivity index (χ4v) is 2.23. The van der Waals surface area contributed by atoms with E-state index in [2.05, 4.69) is 10.3 Å².